The van der Waals surface area contributed by atoms with Crippen LogP contribution in [0.5, 0.6) is 11.5 Å². The number of phenolic OH excluding ortho intramolecular Hbond substituents is 1. The van der Waals surface area contributed by atoms with Crippen LogP contribution in [0, 0.1) is 0 Å². The van der Waals surface area contributed by atoms with Gasteiger partial charge in [-0.25, -0.2) is 0 Å². The van der Waals surface area contributed by atoms with Crippen LogP contribution in [-0.2, 0) is 6.54 Å². The van der Waals surface area contributed by atoms with Crippen LogP contribution in [0.15, 0.2) is 46.9 Å². The zero-order valence-electron chi connectivity index (χ0n) is 11.6. The average Bonchev–Trinajstić information content (AvgIpc) is 2.47. The molecular formula is C16H18BrNO2. The Morgan fingerprint density at radius 3 is 2.55 bits per heavy atom. The smallest absolute Gasteiger partial charge is 0.120 e. The summed E-state index contributed by atoms with van der Waals surface area (Å²) in [6.45, 7) is 2.68. The molecule has 0 aliphatic heterocycles. The number of ether oxygens (including phenoxy) is 1. The Hall–Kier alpha value is -1.52. The van der Waals surface area contributed by atoms with E-state index in [2.05, 4.69) is 40.3 Å². The number of methoxy groups -OCH3 is 1. The van der Waals surface area contributed by atoms with Gasteiger partial charge in [0.25, 0.3) is 0 Å². The van der Waals surface area contributed by atoms with E-state index in [4.69, 9.17) is 4.74 Å². The maximum Gasteiger partial charge on any atom is 0.120 e. The Labute approximate surface area is 127 Å². The van der Waals surface area contributed by atoms with Crippen LogP contribution in [0.2, 0.25) is 0 Å². The van der Waals surface area contributed by atoms with E-state index in [9.17, 15) is 5.11 Å². The van der Waals surface area contributed by atoms with E-state index in [0.29, 0.717) is 6.54 Å². The van der Waals surface area contributed by atoms with Gasteiger partial charge in [-0.15, -0.1) is 0 Å². The molecule has 2 N–H and O–H groups in total. The molecule has 0 aromatic heterocycles. The van der Waals surface area contributed by atoms with Crippen LogP contribution in [0.1, 0.15) is 24.1 Å². The monoisotopic (exact) mass is 335 g/mol. The Morgan fingerprint density at radius 1 is 1.20 bits per heavy atom. The molecule has 0 saturated heterocycles. The number of hydrogen-bond donors (Lipinski definition) is 2. The molecule has 2 aromatic carbocycles. The summed E-state index contributed by atoms with van der Waals surface area (Å²) < 4.78 is 6.24. The molecule has 0 spiro atoms. The maximum atomic E-state index is 9.85. The summed E-state index contributed by atoms with van der Waals surface area (Å²) in [7, 11) is 1.62. The molecule has 0 aliphatic rings. The Balaban J connectivity index is 2.02. The Morgan fingerprint density at radius 2 is 1.90 bits per heavy atom. The van der Waals surface area contributed by atoms with Gasteiger partial charge in [-0.05, 0) is 42.8 Å². The van der Waals surface area contributed by atoms with Crippen molar-refractivity contribution in [2.45, 2.75) is 19.5 Å². The van der Waals surface area contributed by atoms with Crippen LogP contribution in [0.3, 0.4) is 0 Å². The van der Waals surface area contributed by atoms with E-state index >= 15 is 0 Å². The average molecular weight is 336 g/mol. The van der Waals surface area contributed by atoms with Crippen LogP contribution < -0.4 is 10.1 Å². The third-order valence-corrected chi connectivity index (χ3v) is 3.78. The largest absolute Gasteiger partial charge is 0.508 e. The third-order valence-electron chi connectivity index (χ3n) is 3.26. The first-order valence-electron chi connectivity index (χ1n) is 6.45. The van der Waals surface area contributed by atoms with Crippen molar-refractivity contribution in [3.63, 3.8) is 0 Å². The van der Waals surface area contributed by atoms with Crippen LogP contribution in [0.4, 0.5) is 0 Å². The van der Waals surface area contributed by atoms with E-state index in [-0.39, 0.29) is 11.8 Å². The highest BCUT2D eigenvalue weighted by Gasteiger charge is 2.07. The normalized spacial score (nSPS) is 12.2. The van der Waals surface area contributed by atoms with E-state index in [1.165, 1.54) is 5.56 Å². The molecule has 0 aliphatic carbocycles. The lowest BCUT2D eigenvalue weighted by Gasteiger charge is -2.15. The molecule has 2 rings (SSSR count). The molecule has 4 heteroatoms. The van der Waals surface area contributed by atoms with E-state index in [1.54, 1.807) is 19.2 Å². The van der Waals surface area contributed by atoms with Crippen molar-refractivity contribution < 1.29 is 9.84 Å². The van der Waals surface area contributed by atoms with Crippen LogP contribution >= 0.6 is 15.9 Å². The fourth-order valence-electron chi connectivity index (χ4n) is 1.96. The number of rotatable bonds is 5. The van der Waals surface area contributed by atoms with Crippen molar-refractivity contribution >= 4 is 15.9 Å². The molecule has 0 radical (unpaired) electrons. The van der Waals surface area contributed by atoms with Gasteiger partial charge in [0.1, 0.15) is 11.5 Å². The van der Waals surface area contributed by atoms with Gasteiger partial charge >= 0.3 is 0 Å². The second-order valence-corrected chi connectivity index (χ2v) is 5.56. The zero-order valence-corrected chi connectivity index (χ0v) is 13.1. The van der Waals surface area contributed by atoms with Gasteiger partial charge < -0.3 is 15.2 Å². The van der Waals surface area contributed by atoms with Crippen LogP contribution in [0.25, 0.3) is 0 Å². The lowest BCUT2D eigenvalue weighted by Crippen LogP contribution is -2.18. The molecule has 1 atom stereocenters. The lowest BCUT2D eigenvalue weighted by atomic mass is 10.1. The number of nitrogens with one attached hydrogen (secondary N) is 1. The maximum absolute atomic E-state index is 9.85. The highest BCUT2D eigenvalue weighted by molar-refractivity contribution is 9.10. The van der Waals surface area contributed by atoms with Gasteiger partial charge in [0.15, 0.2) is 0 Å². The van der Waals surface area contributed by atoms with Gasteiger partial charge in [0.05, 0.1) is 7.11 Å². The second kappa shape index (κ2) is 6.77. The first-order valence-corrected chi connectivity index (χ1v) is 7.24. The van der Waals surface area contributed by atoms with Gasteiger partial charge in [-0.3, -0.25) is 0 Å². The summed E-state index contributed by atoms with van der Waals surface area (Å²) in [5.74, 6) is 1.03. The molecule has 0 bridgehead atoms. The quantitative estimate of drug-likeness (QED) is 0.867. The van der Waals surface area contributed by atoms with Crippen molar-refractivity contribution in [1.29, 1.82) is 0 Å². The molecular weight excluding hydrogens is 318 g/mol. The summed E-state index contributed by atoms with van der Waals surface area (Å²) in [4.78, 5) is 0. The fourth-order valence-corrected chi connectivity index (χ4v) is 2.23. The summed E-state index contributed by atoms with van der Waals surface area (Å²) >= 11 is 3.43. The molecule has 106 valence electrons. The predicted molar refractivity (Wildman–Crippen MR) is 84.1 cm³/mol. The Bertz CT molecular complexity index is 569. The minimum atomic E-state index is 0.203. The molecule has 0 fully saturated rings. The molecule has 20 heavy (non-hydrogen) atoms. The first-order chi connectivity index (χ1) is 9.60. The number of hydrogen-bond acceptors (Lipinski definition) is 3. The minimum Gasteiger partial charge on any atom is -0.508 e. The van der Waals surface area contributed by atoms with Gasteiger partial charge in [-0.2, -0.15) is 0 Å². The fraction of sp³-hybridized carbons (Fsp3) is 0.250. The Kier molecular flexibility index (Phi) is 5.04. The lowest BCUT2D eigenvalue weighted by molar-refractivity contribution is 0.409. The van der Waals surface area contributed by atoms with E-state index in [1.807, 2.05) is 18.2 Å². The highest BCUT2D eigenvalue weighted by atomic mass is 79.9. The van der Waals surface area contributed by atoms with Gasteiger partial charge in [-0.1, -0.05) is 28.1 Å². The van der Waals surface area contributed by atoms with Crippen molar-refractivity contribution in [2.24, 2.45) is 0 Å². The molecule has 0 amide bonds. The third kappa shape index (κ3) is 3.74. The second-order valence-electron chi connectivity index (χ2n) is 4.65. The topological polar surface area (TPSA) is 41.5 Å². The standard InChI is InChI=1S/C16H18BrNO2/c1-11(12-3-5-14(17)6-4-12)18-10-13-9-15(20-2)7-8-16(13)19/h3-9,11,18-19H,10H2,1-2H3/t11-/m0/s1. The summed E-state index contributed by atoms with van der Waals surface area (Å²) in [5.41, 5.74) is 2.03. The van der Waals surface area contributed by atoms with E-state index < -0.39 is 0 Å². The molecule has 0 saturated carbocycles. The number of aromatic hydroxyl groups is 1. The minimum absolute atomic E-state index is 0.203. The number of benzene rings is 2. The van der Waals surface area contributed by atoms with E-state index in [0.717, 1.165) is 15.8 Å². The number of halogens is 1. The summed E-state index contributed by atoms with van der Waals surface area (Å²) in [5, 5.41) is 13.2. The highest BCUT2D eigenvalue weighted by Crippen LogP contribution is 2.24. The van der Waals surface area contributed by atoms with Crippen molar-refractivity contribution in [2.75, 3.05) is 7.11 Å². The van der Waals surface area contributed by atoms with Crippen molar-refractivity contribution in [3.8, 4) is 11.5 Å². The SMILES string of the molecule is COc1ccc(O)c(CN[C@@H](C)c2ccc(Br)cc2)c1. The zero-order chi connectivity index (χ0) is 14.5. The number of phenols is 1. The van der Waals surface area contributed by atoms with Gasteiger partial charge in [0, 0.05) is 22.6 Å². The van der Waals surface area contributed by atoms with Crippen molar-refractivity contribution in [1.82, 2.24) is 5.32 Å². The summed E-state index contributed by atoms with van der Waals surface area (Å²) in [6, 6.07) is 13.6. The summed E-state index contributed by atoms with van der Waals surface area (Å²) in [6.07, 6.45) is 0. The van der Waals surface area contributed by atoms with Crippen molar-refractivity contribution in [3.05, 3.63) is 58.1 Å². The first kappa shape index (κ1) is 14.9. The predicted octanol–water partition coefficient (Wildman–Crippen LogP) is 4.01. The molecule has 3 nitrogen and oxygen atoms in total. The molecule has 0 heterocycles. The molecule has 0 unspecified atom stereocenters. The van der Waals surface area contributed by atoms with Crippen LogP contribution in [-0.4, -0.2) is 12.2 Å². The molecule has 2 aromatic rings. The van der Waals surface area contributed by atoms with Gasteiger partial charge in [0.2, 0.25) is 0 Å².